The molecular weight excluding hydrogens is 350 g/mol. The van der Waals surface area contributed by atoms with Crippen molar-refractivity contribution >= 4 is 29.2 Å². The largest absolute Gasteiger partial charge is 0.338 e. The van der Waals surface area contributed by atoms with Crippen LogP contribution < -0.4 is 5.32 Å². The molecule has 0 radical (unpaired) electrons. The van der Waals surface area contributed by atoms with Gasteiger partial charge >= 0.3 is 6.03 Å². The average molecular weight is 375 g/mol. The molecule has 3 aliphatic rings. The number of rotatable bonds is 3. The fourth-order valence-corrected chi connectivity index (χ4v) is 5.66. The molecule has 1 aromatic heterocycles. The van der Waals surface area contributed by atoms with E-state index in [0.717, 1.165) is 55.5 Å². The van der Waals surface area contributed by atoms with Crippen molar-refractivity contribution < 1.29 is 14.4 Å². The lowest BCUT2D eigenvalue weighted by molar-refractivity contribution is -0.141. The van der Waals surface area contributed by atoms with Crippen LogP contribution in [0.2, 0.25) is 0 Å². The first-order valence-electron chi connectivity index (χ1n) is 9.57. The number of fused-ring (bicyclic) bond motifs is 2. The summed E-state index contributed by atoms with van der Waals surface area (Å²) in [6.45, 7) is 2.66. The number of hydrogen-bond donors (Lipinski definition) is 1. The average Bonchev–Trinajstić information content (AvgIpc) is 3.22. The van der Waals surface area contributed by atoms with Crippen LogP contribution >= 0.6 is 11.3 Å². The summed E-state index contributed by atoms with van der Waals surface area (Å²) in [6.07, 6.45) is 6.46. The van der Waals surface area contributed by atoms with Crippen LogP contribution in [0.4, 0.5) is 4.79 Å². The molecule has 2 fully saturated rings. The number of hydrogen-bond acceptors (Lipinski definition) is 4. The summed E-state index contributed by atoms with van der Waals surface area (Å²) in [7, 11) is 0. The summed E-state index contributed by atoms with van der Waals surface area (Å²) >= 11 is 1.63. The first-order chi connectivity index (χ1) is 12.6. The Bertz CT molecular complexity index is 746. The number of aryl methyl sites for hydroxylation is 1. The predicted octanol–water partition coefficient (Wildman–Crippen LogP) is 2.62. The molecule has 6 nitrogen and oxygen atoms in total. The number of carbonyl (C=O) groups excluding carboxylic acids is 3. The summed E-state index contributed by atoms with van der Waals surface area (Å²) in [6, 6.07) is 1.73. The van der Waals surface area contributed by atoms with Gasteiger partial charge in [0, 0.05) is 23.0 Å². The maximum absolute atomic E-state index is 13.2. The summed E-state index contributed by atoms with van der Waals surface area (Å²) in [5.41, 5.74) is -0.0387. The number of carbonyl (C=O) groups is 3. The van der Waals surface area contributed by atoms with Crippen LogP contribution in [0.25, 0.3) is 0 Å². The zero-order chi connectivity index (χ0) is 18.3. The minimum atomic E-state index is -0.961. The summed E-state index contributed by atoms with van der Waals surface area (Å²) in [5, 5.41) is 4.90. The van der Waals surface area contributed by atoms with Gasteiger partial charge in [-0.2, -0.15) is 0 Å². The number of urea groups is 1. The number of nitrogens with zero attached hydrogens (tertiary/aromatic N) is 2. The third-order valence-corrected chi connectivity index (χ3v) is 7.03. The molecule has 1 aliphatic carbocycles. The third kappa shape index (κ3) is 2.64. The molecule has 0 bridgehead atoms. The van der Waals surface area contributed by atoms with Crippen LogP contribution in [-0.4, -0.2) is 46.8 Å². The smallest absolute Gasteiger partial charge is 0.325 e. The quantitative estimate of drug-likeness (QED) is 0.826. The molecule has 0 unspecified atom stereocenters. The maximum Gasteiger partial charge on any atom is 0.325 e. The zero-order valence-electron chi connectivity index (χ0n) is 15.1. The van der Waals surface area contributed by atoms with E-state index in [-0.39, 0.29) is 24.4 Å². The lowest BCUT2D eigenvalue weighted by Crippen LogP contribution is -2.50. The second-order valence-electron chi connectivity index (χ2n) is 7.48. The molecule has 4 rings (SSSR count). The van der Waals surface area contributed by atoms with Gasteiger partial charge < -0.3 is 10.2 Å². The van der Waals surface area contributed by atoms with Crippen LogP contribution in [0.15, 0.2) is 11.4 Å². The number of likely N-dealkylation sites (tertiary alicyclic amines) is 1. The maximum atomic E-state index is 13.2. The van der Waals surface area contributed by atoms with E-state index in [0.29, 0.717) is 6.42 Å². The van der Waals surface area contributed by atoms with E-state index in [4.69, 9.17) is 0 Å². The SMILES string of the molecule is CC[C@@H]1CCCCN1C(=O)CN1C(=O)N[C@@]2(CCCc3sccc32)C1=O. The minimum absolute atomic E-state index is 0.113. The van der Waals surface area contributed by atoms with Crippen LogP contribution in [0, 0.1) is 0 Å². The Morgan fingerprint density at radius 1 is 1.35 bits per heavy atom. The third-order valence-electron chi connectivity index (χ3n) is 6.05. The molecule has 2 aliphatic heterocycles. The number of piperidine rings is 1. The van der Waals surface area contributed by atoms with Gasteiger partial charge in [0.15, 0.2) is 0 Å². The van der Waals surface area contributed by atoms with Crippen LogP contribution in [0.5, 0.6) is 0 Å². The van der Waals surface area contributed by atoms with E-state index < -0.39 is 11.6 Å². The highest BCUT2D eigenvalue weighted by atomic mass is 32.1. The lowest BCUT2D eigenvalue weighted by Gasteiger charge is -2.36. The number of thiophene rings is 1. The van der Waals surface area contributed by atoms with Crippen LogP contribution in [0.1, 0.15) is 55.9 Å². The molecule has 1 N–H and O–H groups in total. The summed E-state index contributed by atoms with van der Waals surface area (Å²) < 4.78 is 0. The van der Waals surface area contributed by atoms with Gasteiger partial charge in [0.2, 0.25) is 5.91 Å². The Kier molecular flexibility index (Phi) is 4.50. The van der Waals surface area contributed by atoms with E-state index in [9.17, 15) is 14.4 Å². The number of imide groups is 1. The molecule has 4 amide bonds. The van der Waals surface area contributed by atoms with Gasteiger partial charge in [0.05, 0.1) is 0 Å². The standard InChI is InChI=1S/C19H25N3O3S/c1-2-13-6-3-4-10-21(13)16(23)12-22-17(24)19(20-18(22)25)9-5-7-15-14(19)8-11-26-15/h8,11,13H,2-7,9-10,12H2,1H3,(H,20,25)/t13-,19-/m1/s1. The monoisotopic (exact) mass is 375 g/mol. The molecule has 140 valence electrons. The fraction of sp³-hybridized carbons (Fsp3) is 0.632. The van der Waals surface area contributed by atoms with Crippen molar-refractivity contribution in [1.29, 1.82) is 0 Å². The van der Waals surface area contributed by atoms with Crippen molar-refractivity contribution in [2.45, 2.75) is 63.5 Å². The van der Waals surface area contributed by atoms with Gasteiger partial charge in [-0.25, -0.2) is 4.79 Å². The summed E-state index contributed by atoms with van der Waals surface area (Å²) in [4.78, 5) is 42.8. The van der Waals surface area contributed by atoms with Gasteiger partial charge in [-0.15, -0.1) is 11.3 Å². The molecular formula is C19H25N3O3S. The first kappa shape index (κ1) is 17.5. The Morgan fingerprint density at radius 2 is 2.19 bits per heavy atom. The molecule has 3 heterocycles. The molecule has 1 aromatic rings. The first-order valence-corrected chi connectivity index (χ1v) is 10.4. The van der Waals surface area contributed by atoms with Gasteiger partial charge in [0.25, 0.3) is 5.91 Å². The van der Waals surface area contributed by atoms with Crippen LogP contribution in [-0.2, 0) is 21.5 Å². The molecule has 2 atom stereocenters. The van der Waals surface area contributed by atoms with Gasteiger partial charge in [0.1, 0.15) is 12.1 Å². The van der Waals surface area contributed by atoms with E-state index in [1.807, 2.05) is 16.3 Å². The molecule has 26 heavy (non-hydrogen) atoms. The topological polar surface area (TPSA) is 69.7 Å². The Labute approximate surface area is 157 Å². The molecule has 2 saturated heterocycles. The molecule has 0 aromatic carbocycles. The van der Waals surface area contributed by atoms with Crippen molar-refractivity contribution in [3.63, 3.8) is 0 Å². The predicted molar refractivity (Wildman–Crippen MR) is 98.8 cm³/mol. The van der Waals surface area contributed by atoms with Gasteiger partial charge in [-0.3, -0.25) is 14.5 Å². The Balaban J connectivity index is 1.55. The second kappa shape index (κ2) is 6.68. The van der Waals surface area contributed by atoms with Crippen molar-refractivity contribution in [1.82, 2.24) is 15.1 Å². The highest BCUT2D eigenvalue weighted by molar-refractivity contribution is 7.10. The fourth-order valence-electron chi connectivity index (χ4n) is 4.66. The lowest BCUT2D eigenvalue weighted by atomic mass is 9.80. The molecule has 1 spiro atoms. The number of nitrogens with one attached hydrogen (secondary N) is 1. The molecule has 7 heteroatoms. The summed E-state index contributed by atoms with van der Waals surface area (Å²) in [5.74, 6) is -0.376. The highest BCUT2D eigenvalue weighted by Crippen LogP contribution is 2.42. The van der Waals surface area contributed by atoms with Crippen molar-refractivity contribution in [2.75, 3.05) is 13.1 Å². The normalized spacial score (nSPS) is 28.4. The van der Waals surface area contributed by atoms with Gasteiger partial charge in [-0.1, -0.05) is 6.92 Å². The van der Waals surface area contributed by atoms with E-state index in [1.54, 1.807) is 11.3 Å². The second-order valence-corrected chi connectivity index (χ2v) is 8.48. The van der Waals surface area contributed by atoms with E-state index in [1.165, 1.54) is 4.88 Å². The van der Waals surface area contributed by atoms with Crippen molar-refractivity contribution in [3.8, 4) is 0 Å². The van der Waals surface area contributed by atoms with Crippen molar-refractivity contribution in [3.05, 3.63) is 21.9 Å². The van der Waals surface area contributed by atoms with Crippen LogP contribution in [0.3, 0.4) is 0 Å². The highest BCUT2D eigenvalue weighted by Gasteiger charge is 2.54. The van der Waals surface area contributed by atoms with Crippen molar-refractivity contribution in [2.24, 2.45) is 0 Å². The van der Waals surface area contributed by atoms with E-state index >= 15 is 0 Å². The molecule has 0 saturated carbocycles. The zero-order valence-corrected chi connectivity index (χ0v) is 15.9. The van der Waals surface area contributed by atoms with E-state index in [2.05, 4.69) is 12.2 Å². The Hall–Kier alpha value is -1.89. The Morgan fingerprint density at radius 3 is 3.00 bits per heavy atom. The van der Waals surface area contributed by atoms with Gasteiger partial charge in [-0.05, 0) is 56.4 Å². The number of amides is 4. The minimum Gasteiger partial charge on any atom is -0.338 e.